The maximum absolute atomic E-state index is 11.5. The third kappa shape index (κ3) is 2.25. The number of sulfonamides is 1. The molecule has 88 valence electrons. The molecule has 0 saturated heterocycles. The van der Waals surface area contributed by atoms with Crippen LogP contribution in [0.25, 0.3) is 0 Å². The smallest absolute Gasteiger partial charge is 0.287 e. The monoisotopic (exact) mass is 244 g/mol. The number of nitrogens with one attached hydrogen (secondary N) is 1. The van der Waals surface area contributed by atoms with Gasteiger partial charge in [0, 0.05) is 12.1 Å². The minimum absolute atomic E-state index is 0.0200. The predicted molar refractivity (Wildman–Crippen MR) is 55.3 cm³/mol. The minimum atomic E-state index is -3.83. The molecule has 2 rings (SSSR count). The molecule has 16 heavy (non-hydrogen) atoms. The third-order valence-electron chi connectivity index (χ3n) is 2.32. The molecular weight excluding hydrogens is 232 g/mol. The minimum Gasteiger partial charge on any atom is -0.455 e. The van der Waals surface area contributed by atoms with Crippen LogP contribution >= 0.6 is 0 Å². The quantitative estimate of drug-likeness (QED) is 0.788. The fourth-order valence-corrected chi connectivity index (χ4v) is 2.06. The Bertz CT molecular complexity index is 528. The fourth-order valence-electron chi connectivity index (χ4n) is 1.34. The summed E-state index contributed by atoms with van der Waals surface area (Å²) in [6, 6.07) is 1.35. The van der Waals surface area contributed by atoms with E-state index in [9.17, 15) is 13.2 Å². The maximum atomic E-state index is 11.5. The first-order valence-corrected chi connectivity index (χ1v) is 6.36. The summed E-state index contributed by atoms with van der Waals surface area (Å²) in [4.78, 5) is 11.4. The van der Waals surface area contributed by atoms with Crippen LogP contribution in [0.5, 0.6) is 0 Å². The summed E-state index contributed by atoms with van der Waals surface area (Å²) in [6.07, 6.45) is 1.90. The van der Waals surface area contributed by atoms with Gasteiger partial charge in [0.25, 0.3) is 5.91 Å². The van der Waals surface area contributed by atoms with E-state index in [-0.39, 0.29) is 22.5 Å². The summed E-state index contributed by atoms with van der Waals surface area (Å²) >= 11 is 0. The first kappa shape index (κ1) is 11.2. The molecule has 1 amide bonds. The molecule has 0 bridgehead atoms. The van der Waals surface area contributed by atoms with Crippen LogP contribution in [0.2, 0.25) is 0 Å². The largest absolute Gasteiger partial charge is 0.455 e. The van der Waals surface area contributed by atoms with E-state index < -0.39 is 15.9 Å². The zero-order valence-electron chi connectivity index (χ0n) is 8.69. The van der Waals surface area contributed by atoms with E-state index in [0.717, 1.165) is 18.9 Å². The number of nitrogens with two attached hydrogens (primary N) is 1. The number of amides is 1. The summed E-state index contributed by atoms with van der Waals surface area (Å²) in [5.41, 5.74) is 0. The Balaban J connectivity index is 2.26. The van der Waals surface area contributed by atoms with Gasteiger partial charge in [0.1, 0.15) is 10.7 Å². The topological polar surface area (TPSA) is 102 Å². The van der Waals surface area contributed by atoms with Gasteiger partial charge in [-0.05, 0) is 19.8 Å². The van der Waals surface area contributed by atoms with E-state index in [1.807, 2.05) is 0 Å². The second-order valence-electron chi connectivity index (χ2n) is 3.82. The Kier molecular flexibility index (Phi) is 2.51. The maximum Gasteiger partial charge on any atom is 0.287 e. The van der Waals surface area contributed by atoms with Gasteiger partial charge in [-0.25, -0.2) is 13.6 Å². The van der Waals surface area contributed by atoms with Crippen molar-refractivity contribution in [1.82, 2.24) is 5.32 Å². The number of primary sulfonamides is 1. The van der Waals surface area contributed by atoms with Gasteiger partial charge in [0.15, 0.2) is 5.76 Å². The molecule has 0 radical (unpaired) electrons. The Morgan fingerprint density at radius 2 is 2.19 bits per heavy atom. The van der Waals surface area contributed by atoms with Crippen molar-refractivity contribution in [3.63, 3.8) is 0 Å². The van der Waals surface area contributed by atoms with Gasteiger partial charge in [0.2, 0.25) is 10.0 Å². The highest BCUT2D eigenvalue weighted by atomic mass is 32.2. The molecule has 1 heterocycles. The van der Waals surface area contributed by atoms with Crippen molar-refractivity contribution in [3.8, 4) is 0 Å². The number of aryl methyl sites for hydroxylation is 1. The zero-order valence-corrected chi connectivity index (χ0v) is 9.50. The zero-order chi connectivity index (χ0) is 11.9. The molecule has 1 saturated carbocycles. The Morgan fingerprint density at radius 3 is 2.62 bits per heavy atom. The van der Waals surface area contributed by atoms with Crippen LogP contribution in [0, 0.1) is 6.92 Å². The third-order valence-corrected chi connectivity index (χ3v) is 3.33. The first-order chi connectivity index (χ1) is 7.38. The highest BCUT2D eigenvalue weighted by Crippen LogP contribution is 2.22. The van der Waals surface area contributed by atoms with Gasteiger partial charge in [-0.15, -0.1) is 0 Å². The average molecular weight is 244 g/mol. The lowest BCUT2D eigenvalue weighted by molar-refractivity contribution is 0.0922. The molecule has 1 aromatic heterocycles. The molecule has 1 fully saturated rings. The highest BCUT2D eigenvalue weighted by molar-refractivity contribution is 7.89. The van der Waals surface area contributed by atoms with E-state index in [4.69, 9.17) is 9.56 Å². The summed E-state index contributed by atoms with van der Waals surface area (Å²) < 4.78 is 27.3. The van der Waals surface area contributed by atoms with Crippen molar-refractivity contribution in [3.05, 3.63) is 17.6 Å². The molecule has 0 aromatic carbocycles. The van der Waals surface area contributed by atoms with Crippen molar-refractivity contribution < 1.29 is 17.6 Å². The number of rotatable bonds is 3. The second-order valence-corrected chi connectivity index (χ2v) is 5.35. The standard InChI is InChI=1S/C9H12N2O4S/c1-5-8(16(10,13)14)4-7(15-5)9(12)11-6-2-3-6/h4,6H,2-3H2,1H3,(H,11,12)(H2,10,13,14). The van der Waals surface area contributed by atoms with Gasteiger partial charge in [-0.3, -0.25) is 4.79 Å². The normalized spacial score (nSPS) is 16.1. The van der Waals surface area contributed by atoms with E-state index in [1.54, 1.807) is 0 Å². The van der Waals surface area contributed by atoms with Crippen LogP contribution in [0.1, 0.15) is 29.2 Å². The van der Waals surface area contributed by atoms with Crippen LogP contribution in [0.3, 0.4) is 0 Å². The van der Waals surface area contributed by atoms with Gasteiger partial charge in [-0.2, -0.15) is 0 Å². The second kappa shape index (κ2) is 3.60. The first-order valence-electron chi connectivity index (χ1n) is 4.82. The lowest BCUT2D eigenvalue weighted by Crippen LogP contribution is -2.24. The summed E-state index contributed by atoms with van der Waals surface area (Å²) in [7, 11) is -3.83. The Morgan fingerprint density at radius 1 is 1.56 bits per heavy atom. The number of hydrogen-bond acceptors (Lipinski definition) is 4. The average Bonchev–Trinajstić information content (AvgIpc) is 2.84. The van der Waals surface area contributed by atoms with Crippen LogP contribution in [0.15, 0.2) is 15.4 Å². The molecular formula is C9H12N2O4S. The Hall–Kier alpha value is -1.34. The highest BCUT2D eigenvalue weighted by Gasteiger charge is 2.27. The van der Waals surface area contributed by atoms with Gasteiger partial charge in [0.05, 0.1) is 0 Å². The lowest BCUT2D eigenvalue weighted by atomic mass is 10.4. The number of carbonyl (C=O) groups excluding carboxylic acids is 1. The van der Waals surface area contributed by atoms with Crippen molar-refractivity contribution in [1.29, 1.82) is 0 Å². The van der Waals surface area contributed by atoms with Crippen LogP contribution in [-0.4, -0.2) is 20.4 Å². The number of furan rings is 1. The van der Waals surface area contributed by atoms with E-state index >= 15 is 0 Å². The number of hydrogen-bond donors (Lipinski definition) is 2. The molecule has 6 nitrogen and oxygen atoms in total. The predicted octanol–water partition coefficient (Wildman–Crippen LogP) is 0.128. The van der Waals surface area contributed by atoms with Gasteiger partial charge >= 0.3 is 0 Å². The van der Waals surface area contributed by atoms with E-state index in [2.05, 4.69) is 5.32 Å². The molecule has 7 heteroatoms. The molecule has 1 aliphatic carbocycles. The van der Waals surface area contributed by atoms with Crippen molar-refractivity contribution in [2.24, 2.45) is 5.14 Å². The number of carbonyl (C=O) groups is 1. The van der Waals surface area contributed by atoms with Gasteiger partial charge in [-0.1, -0.05) is 0 Å². The molecule has 0 atom stereocenters. The molecule has 0 spiro atoms. The van der Waals surface area contributed by atoms with Gasteiger partial charge < -0.3 is 9.73 Å². The molecule has 0 aliphatic heterocycles. The summed E-state index contributed by atoms with van der Waals surface area (Å²) in [5, 5.41) is 7.66. The molecule has 3 N–H and O–H groups in total. The summed E-state index contributed by atoms with van der Waals surface area (Å²) in [6.45, 7) is 1.45. The summed E-state index contributed by atoms with van der Waals surface area (Å²) in [5.74, 6) is -0.294. The van der Waals surface area contributed by atoms with E-state index in [1.165, 1.54) is 6.92 Å². The van der Waals surface area contributed by atoms with Crippen molar-refractivity contribution in [2.45, 2.75) is 30.7 Å². The fraction of sp³-hybridized carbons (Fsp3) is 0.444. The van der Waals surface area contributed by atoms with Crippen LogP contribution in [0.4, 0.5) is 0 Å². The molecule has 0 unspecified atom stereocenters. The molecule has 1 aliphatic rings. The van der Waals surface area contributed by atoms with Crippen molar-refractivity contribution >= 4 is 15.9 Å². The van der Waals surface area contributed by atoms with E-state index in [0.29, 0.717) is 0 Å². The lowest BCUT2D eigenvalue weighted by Gasteiger charge is -1.97. The van der Waals surface area contributed by atoms with Crippen molar-refractivity contribution in [2.75, 3.05) is 0 Å². The SMILES string of the molecule is Cc1oc(C(=O)NC2CC2)cc1S(N)(=O)=O. The van der Waals surface area contributed by atoms with Crippen LogP contribution in [-0.2, 0) is 10.0 Å². The Labute approximate surface area is 92.9 Å². The molecule has 1 aromatic rings. The van der Waals surface area contributed by atoms with Crippen LogP contribution < -0.4 is 10.5 Å².